The maximum absolute atomic E-state index is 7.09. The van der Waals surface area contributed by atoms with E-state index < -0.39 is 0 Å². The quantitative estimate of drug-likeness (QED) is 0.543. The number of anilines is 1. The maximum atomic E-state index is 7.09. The van der Waals surface area contributed by atoms with Gasteiger partial charge < -0.3 is 9.38 Å². The maximum Gasteiger partial charge on any atom is 0.189 e. The van der Waals surface area contributed by atoms with E-state index in [-0.39, 0.29) is 0 Å². The molecule has 1 aromatic rings. The summed E-state index contributed by atoms with van der Waals surface area (Å²) in [6.45, 7) is 14.7. The van der Waals surface area contributed by atoms with Gasteiger partial charge in [-0.3, -0.25) is 0 Å². The summed E-state index contributed by atoms with van der Waals surface area (Å²) >= 11 is 0. The van der Waals surface area contributed by atoms with Gasteiger partial charge in [0.15, 0.2) is 5.69 Å². The lowest BCUT2D eigenvalue weighted by molar-refractivity contribution is -0.917. The Kier molecular flexibility index (Phi) is 2.97. The highest BCUT2D eigenvalue weighted by molar-refractivity contribution is 5.58. The van der Waals surface area contributed by atoms with Crippen LogP contribution in [0.15, 0.2) is 24.3 Å². The van der Waals surface area contributed by atoms with Gasteiger partial charge in [-0.15, -0.1) is 0 Å². The Hall–Kier alpha value is -1.53. The van der Waals surface area contributed by atoms with E-state index in [1.807, 2.05) is 18.2 Å². The van der Waals surface area contributed by atoms with Crippen molar-refractivity contribution in [3.63, 3.8) is 0 Å². The number of piperazine rings is 1. The van der Waals surface area contributed by atoms with Gasteiger partial charge in [0.2, 0.25) is 0 Å². The fraction of sp³-hybridized carbons (Fsp3) is 0.533. The van der Waals surface area contributed by atoms with Crippen LogP contribution in [0, 0.1) is 6.57 Å². The van der Waals surface area contributed by atoms with Crippen LogP contribution in [-0.4, -0.2) is 43.8 Å². The zero-order valence-electron chi connectivity index (χ0n) is 10.8. The number of benzene rings is 1. The molecule has 0 aliphatic carbocycles. The van der Waals surface area contributed by atoms with Gasteiger partial charge in [0.05, 0.1) is 45.8 Å². The Balaban J connectivity index is 1.70. The third-order valence-corrected chi connectivity index (χ3v) is 4.53. The van der Waals surface area contributed by atoms with Crippen molar-refractivity contribution in [2.75, 3.05) is 44.2 Å². The molecule has 0 radical (unpaired) electrons. The highest BCUT2D eigenvalue weighted by Crippen LogP contribution is 2.27. The molecule has 3 rings (SSSR count). The monoisotopic (exact) mass is 242 g/mol. The van der Waals surface area contributed by atoms with E-state index in [1.165, 1.54) is 49.2 Å². The summed E-state index contributed by atoms with van der Waals surface area (Å²) in [6.07, 6.45) is 2.82. The zero-order chi connectivity index (χ0) is 12.4. The van der Waals surface area contributed by atoms with Crippen molar-refractivity contribution in [1.29, 1.82) is 0 Å². The van der Waals surface area contributed by atoms with E-state index in [0.717, 1.165) is 18.8 Å². The van der Waals surface area contributed by atoms with E-state index in [4.69, 9.17) is 6.57 Å². The van der Waals surface area contributed by atoms with Crippen molar-refractivity contribution in [2.24, 2.45) is 0 Å². The van der Waals surface area contributed by atoms with Crippen molar-refractivity contribution in [3.8, 4) is 0 Å². The lowest BCUT2D eigenvalue weighted by atomic mass is 10.2. The van der Waals surface area contributed by atoms with Crippen LogP contribution in [0.3, 0.4) is 0 Å². The number of quaternary nitrogens is 1. The Morgan fingerprint density at radius 3 is 2.44 bits per heavy atom. The van der Waals surface area contributed by atoms with Gasteiger partial charge in [0.25, 0.3) is 0 Å². The summed E-state index contributed by atoms with van der Waals surface area (Å²) in [5, 5.41) is 0. The lowest BCUT2D eigenvalue weighted by Gasteiger charge is -2.42. The number of nitrogens with zero attached hydrogens (tertiary/aromatic N) is 3. The molecular weight excluding hydrogens is 222 g/mol. The van der Waals surface area contributed by atoms with Crippen LogP contribution in [0.25, 0.3) is 4.85 Å². The first-order valence-electron chi connectivity index (χ1n) is 6.89. The van der Waals surface area contributed by atoms with Crippen molar-refractivity contribution < 1.29 is 4.48 Å². The summed E-state index contributed by atoms with van der Waals surface area (Å²) in [5.41, 5.74) is 1.98. The van der Waals surface area contributed by atoms with Crippen LogP contribution in [0.2, 0.25) is 0 Å². The second-order valence-corrected chi connectivity index (χ2v) is 5.56. The van der Waals surface area contributed by atoms with Gasteiger partial charge in [-0.05, 0) is 12.1 Å². The standard InChI is InChI=1S/C15H20N3/c1-16-14-5-4-6-15(13-14)17-7-11-18(12-8-17)9-2-3-10-18/h4-6,13H,2-3,7-12H2/q+1. The predicted octanol–water partition coefficient (Wildman–Crippen LogP) is 2.67. The molecule has 2 saturated heterocycles. The number of hydrogen-bond acceptors (Lipinski definition) is 1. The van der Waals surface area contributed by atoms with Gasteiger partial charge in [-0.25, -0.2) is 4.85 Å². The highest BCUT2D eigenvalue weighted by Gasteiger charge is 2.35. The molecule has 2 aliphatic heterocycles. The van der Waals surface area contributed by atoms with Gasteiger partial charge in [-0.2, -0.15) is 0 Å². The molecule has 0 unspecified atom stereocenters. The first-order valence-corrected chi connectivity index (χ1v) is 6.89. The van der Waals surface area contributed by atoms with Crippen LogP contribution in [0.4, 0.5) is 11.4 Å². The fourth-order valence-electron chi connectivity index (χ4n) is 3.36. The minimum Gasteiger partial charge on any atom is -0.361 e. The van der Waals surface area contributed by atoms with Crippen LogP contribution in [0.5, 0.6) is 0 Å². The third-order valence-electron chi connectivity index (χ3n) is 4.53. The molecule has 18 heavy (non-hydrogen) atoms. The van der Waals surface area contributed by atoms with Crippen LogP contribution >= 0.6 is 0 Å². The Labute approximate surface area is 109 Å². The molecule has 0 aromatic heterocycles. The summed E-state index contributed by atoms with van der Waals surface area (Å²) in [4.78, 5) is 5.96. The van der Waals surface area contributed by atoms with Gasteiger partial charge in [0, 0.05) is 18.5 Å². The molecule has 3 nitrogen and oxygen atoms in total. The van der Waals surface area contributed by atoms with E-state index in [2.05, 4.69) is 15.8 Å². The van der Waals surface area contributed by atoms with Crippen molar-refractivity contribution in [1.82, 2.24) is 0 Å². The SMILES string of the molecule is [C-]#[N+]c1cccc(N2CC[N+]3(CCCC3)CC2)c1. The molecule has 0 N–H and O–H groups in total. The van der Waals surface area contributed by atoms with E-state index in [9.17, 15) is 0 Å². The third kappa shape index (κ3) is 2.09. The summed E-state index contributed by atoms with van der Waals surface area (Å²) in [6, 6.07) is 8.04. The Bertz CT molecular complexity index is 459. The highest BCUT2D eigenvalue weighted by atomic mass is 15.4. The number of rotatable bonds is 1. The van der Waals surface area contributed by atoms with Crippen LogP contribution in [-0.2, 0) is 0 Å². The summed E-state index contributed by atoms with van der Waals surface area (Å²) in [5.74, 6) is 0. The smallest absolute Gasteiger partial charge is 0.189 e. The topological polar surface area (TPSA) is 7.60 Å². The first-order chi connectivity index (χ1) is 8.81. The van der Waals surface area contributed by atoms with Gasteiger partial charge in [0.1, 0.15) is 0 Å². The van der Waals surface area contributed by atoms with Crippen LogP contribution in [0.1, 0.15) is 12.8 Å². The predicted molar refractivity (Wildman–Crippen MR) is 73.9 cm³/mol. The largest absolute Gasteiger partial charge is 0.361 e. The molecule has 2 aliphatic rings. The van der Waals surface area contributed by atoms with Crippen molar-refractivity contribution in [3.05, 3.63) is 35.7 Å². The van der Waals surface area contributed by atoms with Crippen LogP contribution < -0.4 is 4.90 Å². The summed E-state index contributed by atoms with van der Waals surface area (Å²) in [7, 11) is 0. The van der Waals surface area contributed by atoms with Crippen molar-refractivity contribution in [2.45, 2.75) is 12.8 Å². The molecule has 0 bridgehead atoms. The average molecular weight is 242 g/mol. The fourth-order valence-corrected chi connectivity index (χ4v) is 3.36. The van der Waals surface area contributed by atoms with Gasteiger partial charge >= 0.3 is 0 Å². The number of hydrogen-bond donors (Lipinski definition) is 0. The Morgan fingerprint density at radius 1 is 1.06 bits per heavy atom. The lowest BCUT2D eigenvalue weighted by Crippen LogP contribution is -2.58. The van der Waals surface area contributed by atoms with Crippen molar-refractivity contribution >= 4 is 11.4 Å². The first kappa shape index (κ1) is 11.6. The van der Waals surface area contributed by atoms with E-state index >= 15 is 0 Å². The second-order valence-electron chi connectivity index (χ2n) is 5.56. The molecule has 94 valence electrons. The Morgan fingerprint density at radius 2 is 1.78 bits per heavy atom. The molecule has 0 atom stereocenters. The molecular formula is C15H20N3+. The zero-order valence-corrected chi connectivity index (χ0v) is 10.8. The molecule has 1 aromatic carbocycles. The summed E-state index contributed by atoms with van der Waals surface area (Å²) < 4.78 is 1.35. The minimum atomic E-state index is 0.753. The average Bonchev–Trinajstić information content (AvgIpc) is 2.88. The minimum absolute atomic E-state index is 0.753. The molecule has 0 saturated carbocycles. The molecule has 2 heterocycles. The normalized spacial score (nSPS) is 22.1. The van der Waals surface area contributed by atoms with E-state index in [1.54, 1.807) is 0 Å². The molecule has 2 fully saturated rings. The molecule has 0 amide bonds. The van der Waals surface area contributed by atoms with Gasteiger partial charge in [-0.1, -0.05) is 12.1 Å². The van der Waals surface area contributed by atoms with E-state index in [0.29, 0.717) is 0 Å². The molecule has 3 heteroatoms. The second kappa shape index (κ2) is 4.62. The molecule has 1 spiro atoms.